The van der Waals surface area contributed by atoms with Gasteiger partial charge in [0, 0.05) is 26.1 Å². The summed E-state index contributed by atoms with van der Waals surface area (Å²) in [5, 5.41) is 0. The maximum Gasteiger partial charge on any atom is 0.227 e. The summed E-state index contributed by atoms with van der Waals surface area (Å²) in [6.07, 6.45) is 2.52. The Morgan fingerprint density at radius 1 is 1.19 bits per heavy atom. The SMILES string of the molecule is COc1ccc(CC(=O)N2CCCC(c3nc4ccccc4n3C)C2)cc1. The number of hydrogen-bond donors (Lipinski definition) is 0. The van der Waals surface area contributed by atoms with Crippen molar-refractivity contribution in [3.63, 3.8) is 0 Å². The van der Waals surface area contributed by atoms with Crippen LogP contribution < -0.4 is 4.74 Å². The maximum absolute atomic E-state index is 12.8. The largest absolute Gasteiger partial charge is 0.497 e. The van der Waals surface area contributed by atoms with E-state index in [2.05, 4.69) is 17.7 Å². The van der Waals surface area contributed by atoms with Gasteiger partial charge in [0.15, 0.2) is 0 Å². The normalized spacial score (nSPS) is 17.3. The highest BCUT2D eigenvalue weighted by molar-refractivity contribution is 5.79. The van der Waals surface area contributed by atoms with Gasteiger partial charge in [0.2, 0.25) is 5.91 Å². The zero-order valence-corrected chi connectivity index (χ0v) is 15.9. The van der Waals surface area contributed by atoms with Crippen LogP contribution in [0.5, 0.6) is 5.75 Å². The van der Waals surface area contributed by atoms with Gasteiger partial charge in [-0.05, 0) is 42.7 Å². The first-order valence-corrected chi connectivity index (χ1v) is 9.48. The number of fused-ring (bicyclic) bond motifs is 1. The van der Waals surface area contributed by atoms with E-state index in [9.17, 15) is 4.79 Å². The Hall–Kier alpha value is -2.82. The molecule has 0 spiro atoms. The quantitative estimate of drug-likeness (QED) is 0.712. The molecule has 5 heteroatoms. The third kappa shape index (κ3) is 3.54. The van der Waals surface area contributed by atoms with Gasteiger partial charge in [0.05, 0.1) is 24.6 Å². The molecular weight excluding hydrogens is 338 g/mol. The standard InChI is InChI=1S/C22H25N3O2/c1-24-20-8-4-3-7-19(20)23-22(24)17-6-5-13-25(15-17)21(26)14-16-9-11-18(27-2)12-10-16/h3-4,7-12,17H,5-6,13-15H2,1-2H3. The molecule has 1 aliphatic rings. The molecule has 1 aliphatic heterocycles. The van der Waals surface area contributed by atoms with Gasteiger partial charge >= 0.3 is 0 Å². The van der Waals surface area contributed by atoms with Crippen molar-refractivity contribution >= 4 is 16.9 Å². The molecule has 0 N–H and O–H groups in total. The van der Waals surface area contributed by atoms with Crippen LogP contribution in [0.25, 0.3) is 11.0 Å². The Kier molecular flexibility index (Phi) is 4.84. The first kappa shape index (κ1) is 17.6. The molecule has 1 unspecified atom stereocenters. The van der Waals surface area contributed by atoms with Crippen molar-refractivity contribution in [1.82, 2.24) is 14.5 Å². The summed E-state index contributed by atoms with van der Waals surface area (Å²) < 4.78 is 7.36. The number of methoxy groups -OCH3 is 1. The van der Waals surface area contributed by atoms with E-state index in [-0.39, 0.29) is 11.8 Å². The van der Waals surface area contributed by atoms with Gasteiger partial charge < -0.3 is 14.2 Å². The highest BCUT2D eigenvalue weighted by Crippen LogP contribution is 2.29. The molecular formula is C22H25N3O2. The van der Waals surface area contributed by atoms with Crippen LogP contribution >= 0.6 is 0 Å². The van der Waals surface area contributed by atoms with Crippen LogP contribution in [0.15, 0.2) is 48.5 Å². The second kappa shape index (κ2) is 7.43. The summed E-state index contributed by atoms with van der Waals surface area (Å²) in [5.74, 6) is 2.36. The van der Waals surface area contributed by atoms with Crippen LogP contribution in [0.4, 0.5) is 0 Å². The number of nitrogens with zero attached hydrogens (tertiary/aromatic N) is 3. The molecule has 2 heterocycles. The van der Waals surface area contributed by atoms with Crippen LogP contribution in [0.2, 0.25) is 0 Å². The number of benzene rings is 2. The number of piperidine rings is 1. The Labute approximate surface area is 159 Å². The number of aryl methyl sites for hydroxylation is 1. The molecule has 0 aliphatic carbocycles. The molecule has 1 saturated heterocycles. The van der Waals surface area contributed by atoms with E-state index >= 15 is 0 Å². The van der Waals surface area contributed by atoms with Gasteiger partial charge in [-0.3, -0.25) is 4.79 Å². The molecule has 1 aromatic heterocycles. The van der Waals surface area contributed by atoms with Gasteiger partial charge in [-0.2, -0.15) is 0 Å². The fourth-order valence-electron chi connectivity index (χ4n) is 3.97. The monoisotopic (exact) mass is 363 g/mol. The Morgan fingerprint density at radius 2 is 1.96 bits per heavy atom. The molecule has 1 atom stereocenters. The molecule has 4 rings (SSSR count). The second-order valence-corrected chi connectivity index (χ2v) is 7.22. The summed E-state index contributed by atoms with van der Waals surface area (Å²) in [5.41, 5.74) is 3.19. The first-order valence-electron chi connectivity index (χ1n) is 9.48. The van der Waals surface area contributed by atoms with Crippen molar-refractivity contribution in [3.8, 4) is 5.75 Å². The van der Waals surface area contributed by atoms with E-state index in [0.29, 0.717) is 6.42 Å². The third-order valence-electron chi connectivity index (χ3n) is 5.48. The molecule has 0 radical (unpaired) electrons. The number of likely N-dealkylation sites (tertiary alicyclic amines) is 1. The average Bonchev–Trinajstić information content (AvgIpc) is 3.05. The number of imidazole rings is 1. The summed E-state index contributed by atoms with van der Waals surface area (Å²) in [4.78, 5) is 19.7. The van der Waals surface area contributed by atoms with Gasteiger partial charge in [0.1, 0.15) is 11.6 Å². The lowest BCUT2D eigenvalue weighted by molar-refractivity contribution is -0.131. The van der Waals surface area contributed by atoms with Gasteiger partial charge in [-0.15, -0.1) is 0 Å². The highest BCUT2D eigenvalue weighted by Gasteiger charge is 2.27. The molecule has 0 bridgehead atoms. The first-order chi connectivity index (χ1) is 13.2. The van der Waals surface area contributed by atoms with Crippen molar-refractivity contribution in [1.29, 1.82) is 0 Å². The number of amides is 1. The molecule has 140 valence electrons. The molecule has 5 nitrogen and oxygen atoms in total. The lowest BCUT2D eigenvalue weighted by Crippen LogP contribution is -2.40. The number of para-hydroxylation sites is 2. The molecule has 1 amide bonds. The Bertz CT molecular complexity index is 946. The van der Waals surface area contributed by atoms with Crippen molar-refractivity contribution in [2.45, 2.75) is 25.2 Å². The van der Waals surface area contributed by atoms with Crippen molar-refractivity contribution in [3.05, 3.63) is 59.9 Å². The lowest BCUT2D eigenvalue weighted by atomic mass is 9.96. The van der Waals surface area contributed by atoms with Crippen LogP contribution in [-0.4, -0.2) is 40.6 Å². The number of carbonyl (C=O) groups is 1. The summed E-state index contributed by atoms with van der Waals surface area (Å²) in [6, 6.07) is 15.9. The predicted molar refractivity (Wildman–Crippen MR) is 106 cm³/mol. The van der Waals surface area contributed by atoms with Crippen molar-refractivity contribution in [2.75, 3.05) is 20.2 Å². The van der Waals surface area contributed by atoms with E-state index in [1.54, 1.807) is 7.11 Å². The van der Waals surface area contributed by atoms with Crippen molar-refractivity contribution in [2.24, 2.45) is 7.05 Å². The number of aromatic nitrogens is 2. The molecule has 1 fully saturated rings. The van der Waals surface area contributed by atoms with E-state index in [0.717, 1.165) is 54.1 Å². The zero-order valence-electron chi connectivity index (χ0n) is 15.9. The fourth-order valence-corrected chi connectivity index (χ4v) is 3.97. The maximum atomic E-state index is 12.8. The summed E-state index contributed by atoms with van der Waals surface area (Å²) >= 11 is 0. The van der Waals surface area contributed by atoms with Crippen molar-refractivity contribution < 1.29 is 9.53 Å². The third-order valence-corrected chi connectivity index (χ3v) is 5.48. The highest BCUT2D eigenvalue weighted by atomic mass is 16.5. The van der Waals surface area contributed by atoms with Crippen LogP contribution in [-0.2, 0) is 18.3 Å². The zero-order chi connectivity index (χ0) is 18.8. The van der Waals surface area contributed by atoms with Gasteiger partial charge in [-0.25, -0.2) is 4.98 Å². The molecule has 0 saturated carbocycles. The average molecular weight is 363 g/mol. The second-order valence-electron chi connectivity index (χ2n) is 7.22. The van der Waals surface area contributed by atoms with E-state index in [4.69, 9.17) is 9.72 Å². The Morgan fingerprint density at radius 3 is 2.70 bits per heavy atom. The number of carbonyl (C=O) groups excluding carboxylic acids is 1. The minimum atomic E-state index is 0.184. The van der Waals surface area contributed by atoms with Crippen LogP contribution in [0.1, 0.15) is 30.1 Å². The predicted octanol–water partition coefficient (Wildman–Crippen LogP) is 3.53. The minimum absolute atomic E-state index is 0.184. The smallest absolute Gasteiger partial charge is 0.227 e. The number of rotatable bonds is 4. The van der Waals surface area contributed by atoms with E-state index < -0.39 is 0 Å². The number of hydrogen-bond acceptors (Lipinski definition) is 3. The van der Waals surface area contributed by atoms with Gasteiger partial charge in [-0.1, -0.05) is 24.3 Å². The Balaban J connectivity index is 1.48. The van der Waals surface area contributed by atoms with Gasteiger partial charge in [0.25, 0.3) is 0 Å². The summed E-state index contributed by atoms with van der Waals surface area (Å²) in [7, 11) is 3.72. The molecule has 2 aromatic carbocycles. The fraction of sp³-hybridized carbons (Fsp3) is 0.364. The molecule has 3 aromatic rings. The van der Waals surface area contributed by atoms with Crippen LogP contribution in [0.3, 0.4) is 0 Å². The summed E-state index contributed by atoms with van der Waals surface area (Å²) in [6.45, 7) is 1.57. The topological polar surface area (TPSA) is 47.4 Å². The molecule has 27 heavy (non-hydrogen) atoms. The number of ether oxygens (including phenoxy) is 1. The lowest BCUT2D eigenvalue weighted by Gasteiger charge is -2.32. The van der Waals surface area contributed by atoms with E-state index in [1.165, 1.54) is 0 Å². The van der Waals surface area contributed by atoms with Crippen LogP contribution in [0, 0.1) is 0 Å². The van der Waals surface area contributed by atoms with E-state index in [1.807, 2.05) is 47.4 Å². The minimum Gasteiger partial charge on any atom is -0.497 e.